The lowest BCUT2D eigenvalue weighted by Crippen LogP contribution is -2.67. The summed E-state index contributed by atoms with van der Waals surface area (Å²) >= 11 is 12.9. The summed E-state index contributed by atoms with van der Waals surface area (Å²) in [4.78, 5) is 44.1. The minimum Gasteiger partial charge on any atom is -0.368 e. The molecule has 0 aliphatic heterocycles. The summed E-state index contributed by atoms with van der Waals surface area (Å²) in [5.41, 5.74) is 7.78. The van der Waals surface area contributed by atoms with Gasteiger partial charge in [-0.15, -0.1) is 0 Å². The van der Waals surface area contributed by atoms with Gasteiger partial charge in [0.2, 0.25) is 17.7 Å². The molecule has 238 valence electrons. The minimum atomic E-state index is -1.36. The molecule has 0 saturated carbocycles. The average Bonchev–Trinajstić information content (AvgIpc) is 3.35. The maximum Gasteiger partial charge on any atom is 0.246 e. The first kappa shape index (κ1) is 33.7. The molecule has 1 heterocycles. The van der Waals surface area contributed by atoms with Crippen molar-refractivity contribution in [2.45, 2.75) is 83.8 Å². The van der Waals surface area contributed by atoms with Crippen LogP contribution < -0.4 is 21.7 Å². The van der Waals surface area contributed by atoms with Crippen LogP contribution in [0.4, 0.5) is 4.39 Å². The quantitative estimate of drug-likeness (QED) is 0.174. The Bertz CT molecular complexity index is 1510. The fourth-order valence-corrected chi connectivity index (χ4v) is 6.50. The topological polar surface area (TPSA) is 129 Å². The Morgan fingerprint density at radius 2 is 1.70 bits per heavy atom. The van der Waals surface area contributed by atoms with Crippen LogP contribution in [-0.2, 0) is 33.6 Å². The second kappa shape index (κ2) is 14.3. The largest absolute Gasteiger partial charge is 0.368 e. The van der Waals surface area contributed by atoms with Gasteiger partial charge in [0.05, 0.1) is 16.6 Å². The van der Waals surface area contributed by atoms with Gasteiger partial charge in [0, 0.05) is 22.5 Å². The SMILES string of the molecule is CCC(C)C(NC(=O)[C@@]1(NC(=O)C(NCCc2ccc(F)cc2)C(C)CC)CCc2[nH]c3c(Cl)cc(Cl)cc3c2C1)C(N)=O. The number of hydrogen-bond acceptors (Lipinski definition) is 4. The highest BCUT2D eigenvalue weighted by Crippen LogP contribution is 2.38. The van der Waals surface area contributed by atoms with Crippen molar-refractivity contribution in [1.29, 1.82) is 0 Å². The van der Waals surface area contributed by atoms with E-state index in [1.165, 1.54) is 12.1 Å². The lowest BCUT2D eigenvalue weighted by Gasteiger charge is -2.39. The van der Waals surface area contributed by atoms with E-state index in [1.54, 1.807) is 24.3 Å². The molecule has 0 saturated heterocycles. The number of carbonyl (C=O) groups is 3. The number of nitrogens with one attached hydrogen (secondary N) is 4. The van der Waals surface area contributed by atoms with E-state index >= 15 is 0 Å². The zero-order chi connectivity index (χ0) is 32.2. The van der Waals surface area contributed by atoms with Crippen LogP contribution in [0.15, 0.2) is 36.4 Å². The van der Waals surface area contributed by atoms with Crippen molar-refractivity contribution < 1.29 is 18.8 Å². The molecular weight excluding hydrogens is 604 g/mol. The molecule has 0 fully saturated rings. The van der Waals surface area contributed by atoms with Crippen molar-refractivity contribution in [1.82, 2.24) is 20.9 Å². The predicted octanol–water partition coefficient (Wildman–Crippen LogP) is 5.22. The molecule has 1 aliphatic carbocycles. The summed E-state index contributed by atoms with van der Waals surface area (Å²) in [6.07, 6.45) is 2.88. The van der Waals surface area contributed by atoms with E-state index < -0.39 is 29.4 Å². The van der Waals surface area contributed by atoms with Crippen LogP contribution in [0.25, 0.3) is 10.9 Å². The Labute approximate surface area is 268 Å². The molecule has 1 aromatic heterocycles. The Morgan fingerprint density at radius 3 is 2.34 bits per heavy atom. The number of nitrogens with two attached hydrogens (primary N) is 1. The highest BCUT2D eigenvalue weighted by Gasteiger charge is 2.46. The molecule has 3 amide bonds. The van der Waals surface area contributed by atoms with Crippen LogP contribution in [0.2, 0.25) is 10.0 Å². The first-order valence-corrected chi connectivity index (χ1v) is 16.0. The molecule has 5 atom stereocenters. The summed E-state index contributed by atoms with van der Waals surface area (Å²) in [6.45, 7) is 8.24. The van der Waals surface area contributed by atoms with Crippen LogP contribution in [-0.4, -0.2) is 46.9 Å². The van der Waals surface area contributed by atoms with Crippen molar-refractivity contribution in [2.75, 3.05) is 6.54 Å². The van der Waals surface area contributed by atoms with Gasteiger partial charge in [-0.1, -0.05) is 75.9 Å². The van der Waals surface area contributed by atoms with Crippen LogP contribution >= 0.6 is 23.2 Å². The predicted molar refractivity (Wildman–Crippen MR) is 173 cm³/mol. The fraction of sp³-hybridized carbons (Fsp3) is 0.485. The van der Waals surface area contributed by atoms with E-state index in [9.17, 15) is 18.8 Å². The first-order chi connectivity index (χ1) is 20.9. The van der Waals surface area contributed by atoms with Gasteiger partial charge >= 0.3 is 0 Å². The molecule has 0 bridgehead atoms. The van der Waals surface area contributed by atoms with Crippen LogP contribution in [0, 0.1) is 17.7 Å². The standard InChI is InChI=1S/C33H42Cl2FN5O3/c1-5-18(3)27(30(37)42)40-32(44)33(13-11-26-24(17-33)23-15-21(34)16-25(35)29(23)39-26)41-31(43)28(19(4)6-2)38-14-12-20-7-9-22(36)10-8-20/h7-10,15-16,18-19,27-28,38-39H,5-6,11-14,17H2,1-4H3,(H2,37,42)(H,40,44)(H,41,43)/t18?,19?,27?,28?,33-/m1/s1. The number of aryl methyl sites for hydroxylation is 1. The maximum atomic E-state index is 14.2. The summed E-state index contributed by atoms with van der Waals surface area (Å²) in [6, 6.07) is 8.25. The molecule has 6 N–H and O–H groups in total. The summed E-state index contributed by atoms with van der Waals surface area (Å²) in [7, 11) is 0. The van der Waals surface area contributed by atoms with Crippen LogP contribution in [0.1, 0.15) is 63.8 Å². The number of aromatic nitrogens is 1. The molecule has 8 nitrogen and oxygen atoms in total. The number of halogens is 3. The number of fused-ring (bicyclic) bond motifs is 3. The van der Waals surface area contributed by atoms with Gasteiger partial charge in [-0.25, -0.2) is 4.39 Å². The van der Waals surface area contributed by atoms with Gasteiger partial charge < -0.3 is 26.7 Å². The number of H-pyrrole nitrogens is 1. The number of hydrogen-bond donors (Lipinski definition) is 5. The molecule has 0 radical (unpaired) electrons. The van der Waals surface area contributed by atoms with Gasteiger partial charge in [-0.05, 0) is 73.0 Å². The number of amides is 3. The van der Waals surface area contributed by atoms with Crippen molar-refractivity contribution in [3.05, 3.63) is 69.1 Å². The highest BCUT2D eigenvalue weighted by molar-refractivity contribution is 6.38. The number of aromatic amines is 1. The van der Waals surface area contributed by atoms with Gasteiger partial charge in [-0.3, -0.25) is 14.4 Å². The number of rotatable bonds is 13. The van der Waals surface area contributed by atoms with Crippen molar-refractivity contribution >= 4 is 51.8 Å². The smallest absolute Gasteiger partial charge is 0.246 e. The average molecular weight is 647 g/mol. The Kier molecular flexibility index (Phi) is 11.0. The Hall–Kier alpha value is -3.14. The zero-order valence-electron chi connectivity index (χ0n) is 25.7. The van der Waals surface area contributed by atoms with E-state index in [1.807, 2.05) is 27.7 Å². The third-order valence-electron chi connectivity index (χ3n) is 9.09. The molecule has 2 aromatic carbocycles. The van der Waals surface area contributed by atoms with Crippen molar-refractivity contribution in [3.63, 3.8) is 0 Å². The van der Waals surface area contributed by atoms with Gasteiger partial charge in [-0.2, -0.15) is 0 Å². The lowest BCUT2D eigenvalue weighted by molar-refractivity contribution is -0.137. The zero-order valence-corrected chi connectivity index (χ0v) is 27.2. The van der Waals surface area contributed by atoms with Gasteiger partial charge in [0.1, 0.15) is 17.4 Å². The Morgan fingerprint density at radius 1 is 1.05 bits per heavy atom. The highest BCUT2D eigenvalue weighted by atomic mass is 35.5. The third kappa shape index (κ3) is 7.38. The normalized spacial score (nSPS) is 19.1. The van der Waals surface area contributed by atoms with E-state index in [0.717, 1.165) is 34.1 Å². The second-order valence-electron chi connectivity index (χ2n) is 12.1. The van der Waals surface area contributed by atoms with E-state index in [4.69, 9.17) is 28.9 Å². The summed E-state index contributed by atoms with van der Waals surface area (Å²) < 4.78 is 13.4. The molecule has 3 aromatic rings. The van der Waals surface area contributed by atoms with E-state index in [2.05, 4.69) is 20.9 Å². The van der Waals surface area contributed by atoms with E-state index in [-0.39, 0.29) is 30.0 Å². The lowest BCUT2D eigenvalue weighted by atomic mass is 9.78. The first-order valence-electron chi connectivity index (χ1n) is 15.3. The Balaban J connectivity index is 1.66. The fourth-order valence-electron chi connectivity index (χ4n) is 5.96. The summed E-state index contributed by atoms with van der Waals surface area (Å²) in [5, 5.41) is 11.1. The molecule has 4 unspecified atom stereocenters. The van der Waals surface area contributed by atoms with Crippen LogP contribution in [0.3, 0.4) is 0 Å². The van der Waals surface area contributed by atoms with Crippen molar-refractivity contribution in [2.24, 2.45) is 17.6 Å². The number of primary amides is 1. The van der Waals surface area contributed by atoms with Gasteiger partial charge in [0.25, 0.3) is 0 Å². The van der Waals surface area contributed by atoms with Crippen LogP contribution in [0.5, 0.6) is 0 Å². The van der Waals surface area contributed by atoms with Crippen molar-refractivity contribution in [3.8, 4) is 0 Å². The monoisotopic (exact) mass is 645 g/mol. The van der Waals surface area contributed by atoms with Gasteiger partial charge in [0.15, 0.2) is 0 Å². The third-order valence-corrected chi connectivity index (χ3v) is 9.61. The maximum absolute atomic E-state index is 14.2. The molecule has 4 rings (SSSR count). The minimum absolute atomic E-state index is 0.0494. The molecule has 11 heteroatoms. The van der Waals surface area contributed by atoms with E-state index in [0.29, 0.717) is 42.3 Å². The number of benzene rings is 2. The molecule has 0 spiro atoms. The molecule has 44 heavy (non-hydrogen) atoms. The number of carbonyl (C=O) groups excluding carboxylic acids is 3. The second-order valence-corrected chi connectivity index (χ2v) is 12.9. The molecule has 1 aliphatic rings. The molecular formula is C33H42Cl2FN5O3. The summed E-state index contributed by atoms with van der Waals surface area (Å²) in [5.74, 6) is -1.95.